The van der Waals surface area contributed by atoms with Crippen molar-refractivity contribution >= 4 is 43.6 Å². The van der Waals surface area contributed by atoms with Crippen LogP contribution in [0.3, 0.4) is 0 Å². The SMILES string of the molecule is N#Cc1c(-n2c3ccc(-c4ccccc4)cc3c3cc(-c4ccccc4)ccc32)cc(-c2cccnc2)cc1-n1c2ccc(-c3ccccc3)cc2c2cc(-c3ccccc3)ccc21. The molecule has 298 valence electrons. The van der Waals surface area contributed by atoms with Crippen LogP contribution >= 0.6 is 0 Å². The first-order chi connectivity index (χ1) is 31.7. The molecule has 0 saturated heterocycles. The molecule has 4 nitrogen and oxygen atoms in total. The summed E-state index contributed by atoms with van der Waals surface area (Å²) in [5.41, 5.74) is 17.3. The predicted octanol–water partition coefficient (Wildman–Crippen LogP) is 15.5. The molecule has 9 aromatic carbocycles. The maximum absolute atomic E-state index is 11.6. The average Bonchev–Trinajstić information content (AvgIpc) is 3.88. The number of nitriles is 1. The Morgan fingerprint density at radius 1 is 0.312 bits per heavy atom. The molecule has 0 N–H and O–H groups in total. The number of nitrogens with zero attached hydrogens (tertiary/aromatic N) is 4. The lowest BCUT2D eigenvalue weighted by Gasteiger charge is -2.18. The summed E-state index contributed by atoms with van der Waals surface area (Å²) in [6, 6.07) is 80.2. The van der Waals surface area contributed by atoms with E-state index in [0.29, 0.717) is 5.56 Å². The minimum atomic E-state index is 0.573. The lowest BCUT2D eigenvalue weighted by atomic mass is 10.0. The zero-order valence-corrected chi connectivity index (χ0v) is 34.7. The van der Waals surface area contributed by atoms with E-state index in [1.165, 1.54) is 0 Å². The van der Waals surface area contributed by atoms with Gasteiger partial charge < -0.3 is 9.13 Å². The highest BCUT2D eigenvalue weighted by Gasteiger charge is 2.24. The molecule has 0 bridgehead atoms. The van der Waals surface area contributed by atoms with Gasteiger partial charge in [-0.25, -0.2) is 0 Å². The topological polar surface area (TPSA) is 46.5 Å². The second kappa shape index (κ2) is 15.3. The van der Waals surface area contributed by atoms with Crippen molar-refractivity contribution in [1.29, 1.82) is 5.26 Å². The normalized spacial score (nSPS) is 11.4. The highest BCUT2D eigenvalue weighted by Crippen LogP contribution is 2.43. The highest BCUT2D eigenvalue weighted by atomic mass is 15.0. The molecule has 4 heteroatoms. The fourth-order valence-corrected chi connectivity index (χ4v) is 9.59. The van der Waals surface area contributed by atoms with Crippen molar-refractivity contribution < 1.29 is 0 Å². The number of hydrogen-bond donors (Lipinski definition) is 0. The average molecular weight is 815 g/mol. The third-order valence-corrected chi connectivity index (χ3v) is 12.6. The van der Waals surface area contributed by atoms with Crippen molar-refractivity contribution in [1.82, 2.24) is 14.1 Å². The zero-order chi connectivity index (χ0) is 42.6. The summed E-state index contributed by atoms with van der Waals surface area (Å²) in [7, 11) is 0. The van der Waals surface area contributed by atoms with Gasteiger partial charge in [0.15, 0.2) is 0 Å². The monoisotopic (exact) mass is 814 g/mol. The van der Waals surface area contributed by atoms with Gasteiger partial charge in [0.1, 0.15) is 11.6 Å². The molecule has 12 aromatic rings. The summed E-state index contributed by atoms with van der Waals surface area (Å²) in [4.78, 5) is 4.56. The van der Waals surface area contributed by atoms with Crippen molar-refractivity contribution in [2.45, 2.75) is 0 Å². The van der Waals surface area contributed by atoms with Gasteiger partial charge >= 0.3 is 0 Å². The van der Waals surface area contributed by atoms with Crippen LogP contribution in [0.15, 0.2) is 231 Å². The molecule has 0 aliphatic heterocycles. The molecule has 0 fully saturated rings. The first-order valence-corrected chi connectivity index (χ1v) is 21.6. The molecule has 0 spiro atoms. The Morgan fingerprint density at radius 3 is 0.938 bits per heavy atom. The molecule has 0 aliphatic rings. The molecular weight excluding hydrogens is 777 g/mol. The molecular formula is C60H38N4. The van der Waals surface area contributed by atoms with Crippen LogP contribution < -0.4 is 0 Å². The largest absolute Gasteiger partial charge is 0.308 e. The van der Waals surface area contributed by atoms with Crippen LogP contribution in [0.25, 0.3) is 111 Å². The van der Waals surface area contributed by atoms with Gasteiger partial charge in [-0.2, -0.15) is 5.26 Å². The van der Waals surface area contributed by atoms with Crippen molar-refractivity contribution in [2.24, 2.45) is 0 Å². The van der Waals surface area contributed by atoms with Crippen molar-refractivity contribution in [3.63, 3.8) is 0 Å². The lowest BCUT2D eigenvalue weighted by molar-refractivity contribution is 1.12. The standard InChI is InChI=1S/C60H38N4/c61-38-54-59(63-55-27-23-44(40-14-5-1-6-15-40)32-50(55)51-33-45(24-28-56(51)63)41-16-7-2-8-17-41)36-49(48-22-13-31-62-39-48)37-60(54)64-57-29-25-46(42-18-9-3-10-19-42)34-52(57)53-35-47(26-30-58(53)64)43-20-11-4-12-21-43/h1-37,39H. The second-order valence-electron chi connectivity index (χ2n) is 16.3. The van der Waals surface area contributed by atoms with E-state index < -0.39 is 0 Å². The highest BCUT2D eigenvalue weighted by molar-refractivity contribution is 6.14. The molecule has 0 radical (unpaired) electrons. The first kappa shape index (κ1) is 37.0. The van der Waals surface area contributed by atoms with Gasteiger partial charge in [-0.1, -0.05) is 152 Å². The van der Waals surface area contributed by atoms with Crippen LogP contribution in [0.5, 0.6) is 0 Å². The molecule has 3 heterocycles. The fraction of sp³-hybridized carbons (Fsp3) is 0. The Balaban J connectivity index is 1.18. The summed E-state index contributed by atoms with van der Waals surface area (Å²) in [5, 5.41) is 16.1. The molecule has 0 amide bonds. The van der Waals surface area contributed by atoms with Gasteiger partial charge in [-0.05, 0) is 117 Å². The third-order valence-electron chi connectivity index (χ3n) is 12.6. The van der Waals surface area contributed by atoms with E-state index in [9.17, 15) is 5.26 Å². The third kappa shape index (κ3) is 6.18. The second-order valence-corrected chi connectivity index (χ2v) is 16.3. The lowest BCUT2D eigenvalue weighted by Crippen LogP contribution is -2.05. The minimum Gasteiger partial charge on any atom is -0.308 e. The summed E-state index contributed by atoms with van der Waals surface area (Å²) in [6.45, 7) is 0. The predicted molar refractivity (Wildman–Crippen MR) is 265 cm³/mol. The number of pyridine rings is 1. The van der Waals surface area contributed by atoms with Crippen LogP contribution in [-0.2, 0) is 0 Å². The van der Waals surface area contributed by atoms with E-state index in [1.807, 2.05) is 12.3 Å². The Hall–Kier alpha value is -8.78. The molecule has 0 saturated carbocycles. The fourth-order valence-electron chi connectivity index (χ4n) is 9.59. The van der Waals surface area contributed by atoms with Gasteiger partial charge in [0.25, 0.3) is 0 Å². The molecule has 64 heavy (non-hydrogen) atoms. The molecule has 0 atom stereocenters. The van der Waals surface area contributed by atoms with E-state index in [2.05, 4.69) is 233 Å². The number of hydrogen-bond acceptors (Lipinski definition) is 2. The Labute approximate surface area is 370 Å². The van der Waals surface area contributed by atoms with Gasteiger partial charge in [-0.15, -0.1) is 0 Å². The van der Waals surface area contributed by atoms with Crippen LogP contribution in [0, 0.1) is 11.3 Å². The molecule has 12 rings (SSSR count). The Morgan fingerprint density at radius 2 is 0.641 bits per heavy atom. The van der Waals surface area contributed by atoms with E-state index in [0.717, 1.165) is 111 Å². The number of fused-ring (bicyclic) bond motifs is 6. The summed E-state index contributed by atoms with van der Waals surface area (Å²) < 4.78 is 4.59. The van der Waals surface area contributed by atoms with Gasteiger partial charge in [-0.3, -0.25) is 4.98 Å². The van der Waals surface area contributed by atoms with Crippen molar-refractivity contribution in [3.05, 3.63) is 236 Å². The van der Waals surface area contributed by atoms with Crippen molar-refractivity contribution in [3.8, 4) is 73.1 Å². The van der Waals surface area contributed by atoms with Gasteiger partial charge in [0.2, 0.25) is 0 Å². The van der Waals surface area contributed by atoms with Gasteiger partial charge in [0, 0.05) is 39.5 Å². The van der Waals surface area contributed by atoms with Crippen LogP contribution in [-0.4, -0.2) is 14.1 Å². The van der Waals surface area contributed by atoms with Crippen molar-refractivity contribution in [2.75, 3.05) is 0 Å². The minimum absolute atomic E-state index is 0.573. The first-order valence-electron chi connectivity index (χ1n) is 21.6. The summed E-state index contributed by atoms with van der Waals surface area (Å²) in [6.07, 6.45) is 3.71. The van der Waals surface area contributed by atoms with Crippen LogP contribution in [0.2, 0.25) is 0 Å². The summed E-state index contributed by atoms with van der Waals surface area (Å²) >= 11 is 0. The van der Waals surface area contributed by atoms with E-state index in [1.54, 1.807) is 6.20 Å². The number of rotatable bonds is 7. The smallest absolute Gasteiger partial charge is 0.104 e. The van der Waals surface area contributed by atoms with E-state index in [-0.39, 0.29) is 0 Å². The van der Waals surface area contributed by atoms with Crippen LogP contribution in [0.4, 0.5) is 0 Å². The molecule has 0 aliphatic carbocycles. The maximum atomic E-state index is 11.6. The molecule has 0 unspecified atom stereocenters. The van der Waals surface area contributed by atoms with Crippen LogP contribution in [0.1, 0.15) is 5.56 Å². The van der Waals surface area contributed by atoms with E-state index >= 15 is 0 Å². The van der Waals surface area contributed by atoms with E-state index in [4.69, 9.17) is 0 Å². The number of aromatic nitrogens is 3. The Kier molecular flexibility index (Phi) is 8.84. The zero-order valence-electron chi connectivity index (χ0n) is 34.7. The Bertz CT molecular complexity index is 3340. The molecule has 3 aromatic heterocycles. The number of benzene rings is 9. The maximum Gasteiger partial charge on any atom is 0.104 e. The quantitative estimate of drug-likeness (QED) is 0.161. The summed E-state index contributed by atoms with van der Waals surface area (Å²) in [5.74, 6) is 0. The van der Waals surface area contributed by atoms with Gasteiger partial charge in [0.05, 0.1) is 33.4 Å².